The second-order valence-corrected chi connectivity index (χ2v) is 4.56. The molecule has 0 saturated heterocycles. The normalized spacial score (nSPS) is 20.1. The maximum Gasteiger partial charge on any atom is 0.240 e. The standard InChI is InChI=1S/C12H20N2O2/c1-10(5-8-16-2)14-11(15)12(9-13)6-3-4-7-12/h10H,3-8H2,1-2H3,(H,14,15). The molecule has 0 heterocycles. The molecule has 1 amide bonds. The molecule has 4 heteroatoms. The number of hydrogen-bond acceptors (Lipinski definition) is 3. The Bertz CT molecular complexity index is 277. The Morgan fingerprint density at radius 1 is 1.56 bits per heavy atom. The lowest BCUT2D eigenvalue weighted by atomic mass is 9.87. The fourth-order valence-electron chi connectivity index (χ4n) is 2.10. The molecule has 0 aromatic heterocycles. The summed E-state index contributed by atoms with van der Waals surface area (Å²) in [6, 6.07) is 2.26. The molecule has 1 aliphatic carbocycles. The first kappa shape index (κ1) is 13.0. The number of rotatable bonds is 5. The van der Waals surface area contributed by atoms with Crippen LogP contribution in [0.15, 0.2) is 0 Å². The maximum absolute atomic E-state index is 12.0. The van der Waals surface area contributed by atoms with E-state index in [9.17, 15) is 4.79 Å². The van der Waals surface area contributed by atoms with Crippen molar-refractivity contribution in [2.75, 3.05) is 13.7 Å². The third kappa shape index (κ3) is 2.96. The fraction of sp³-hybridized carbons (Fsp3) is 0.833. The van der Waals surface area contributed by atoms with Crippen LogP contribution >= 0.6 is 0 Å². The molecule has 0 radical (unpaired) electrons. The second kappa shape index (κ2) is 5.86. The Balaban J connectivity index is 2.47. The van der Waals surface area contributed by atoms with E-state index >= 15 is 0 Å². The number of nitriles is 1. The summed E-state index contributed by atoms with van der Waals surface area (Å²) in [7, 11) is 1.64. The summed E-state index contributed by atoms with van der Waals surface area (Å²) in [4.78, 5) is 12.0. The summed E-state index contributed by atoms with van der Waals surface area (Å²) < 4.78 is 4.95. The van der Waals surface area contributed by atoms with Gasteiger partial charge in [-0.2, -0.15) is 5.26 Å². The molecule has 0 bridgehead atoms. The lowest BCUT2D eigenvalue weighted by molar-refractivity contribution is -0.128. The largest absolute Gasteiger partial charge is 0.385 e. The minimum Gasteiger partial charge on any atom is -0.385 e. The Hall–Kier alpha value is -1.08. The van der Waals surface area contributed by atoms with Crippen LogP contribution in [0, 0.1) is 16.7 Å². The highest BCUT2D eigenvalue weighted by molar-refractivity contribution is 5.85. The summed E-state index contributed by atoms with van der Waals surface area (Å²) in [5.41, 5.74) is -0.763. The first-order chi connectivity index (χ1) is 7.64. The van der Waals surface area contributed by atoms with Crippen LogP contribution in [0.5, 0.6) is 0 Å². The van der Waals surface area contributed by atoms with Crippen molar-refractivity contribution in [3.8, 4) is 6.07 Å². The van der Waals surface area contributed by atoms with E-state index < -0.39 is 5.41 Å². The number of amides is 1. The van der Waals surface area contributed by atoms with Gasteiger partial charge in [0.25, 0.3) is 0 Å². The molecule has 1 atom stereocenters. The molecule has 1 saturated carbocycles. The van der Waals surface area contributed by atoms with Crippen LogP contribution in [-0.2, 0) is 9.53 Å². The van der Waals surface area contributed by atoms with E-state index in [1.54, 1.807) is 7.11 Å². The topological polar surface area (TPSA) is 62.1 Å². The van der Waals surface area contributed by atoms with Gasteiger partial charge in [-0.15, -0.1) is 0 Å². The van der Waals surface area contributed by atoms with E-state index in [4.69, 9.17) is 10.00 Å². The Morgan fingerprint density at radius 2 is 2.19 bits per heavy atom. The predicted molar refractivity (Wildman–Crippen MR) is 60.6 cm³/mol. The number of ether oxygens (including phenoxy) is 1. The SMILES string of the molecule is COCCC(C)NC(=O)C1(C#N)CCCC1. The Kier molecular flexibility index (Phi) is 4.75. The van der Waals surface area contributed by atoms with E-state index in [0.29, 0.717) is 19.4 Å². The molecule has 1 aliphatic rings. The Morgan fingerprint density at radius 3 is 2.69 bits per heavy atom. The molecule has 90 valence electrons. The van der Waals surface area contributed by atoms with Gasteiger partial charge in [-0.05, 0) is 26.2 Å². The van der Waals surface area contributed by atoms with Crippen molar-refractivity contribution in [1.82, 2.24) is 5.32 Å². The minimum atomic E-state index is -0.763. The van der Waals surface area contributed by atoms with Gasteiger partial charge in [0.2, 0.25) is 5.91 Å². The molecule has 1 unspecified atom stereocenters. The maximum atomic E-state index is 12.0. The van der Waals surface area contributed by atoms with Gasteiger partial charge in [-0.1, -0.05) is 12.8 Å². The monoisotopic (exact) mass is 224 g/mol. The molecule has 4 nitrogen and oxygen atoms in total. The van der Waals surface area contributed by atoms with Gasteiger partial charge in [-0.25, -0.2) is 0 Å². The van der Waals surface area contributed by atoms with E-state index in [0.717, 1.165) is 19.3 Å². The van der Waals surface area contributed by atoms with E-state index in [2.05, 4.69) is 11.4 Å². The third-order valence-electron chi connectivity index (χ3n) is 3.24. The van der Waals surface area contributed by atoms with Crippen molar-refractivity contribution < 1.29 is 9.53 Å². The molecule has 1 N–H and O–H groups in total. The van der Waals surface area contributed by atoms with Crippen molar-refractivity contribution in [2.24, 2.45) is 5.41 Å². The zero-order valence-corrected chi connectivity index (χ0v) is 10.1. The zero-order chi connectivity index (χ0) is 12.0. The molecule has 16 heavy (non-hydrogen) atoms. The van der Waals surface area contributed by atoms with Gasteiger partial charge >= 0.3 is 0 Å². The van der Waals surface area contributed by atoms with Gasteiger partial charge < -0.3 is 10.1 Å². The smallest absolute Gasteiger partial charge is 0.240 e. The lowest BCUT2D eigenvalue weighted by Gasteiger charge is -2.22. The second-order valence-electron chi connectivity index (χ2n) is 4.56. The lowest BCUT2D eigenvalue weighted by Crippen LogP contribution is -2.43. The highest BCUT2D eigenvalue weighted by atomic mass is 16.5. The van der Waals surface area contributed by atoms with Gasteiger partial charge in [0, 0.05) is 19.8 Å². The summed E-state index contributed by atoms with van der Waals surface area (Å²) in [6.07, 6.45) is 4.14. The minimum absolute atomic E-state index is 0.0678. The molecule has 0 aromatic rings. The average molecular weight is 224 g/mol. The van der Waals surface area contributed by atoms with Gasteiger partial charge in [-0.3, -0.25) is 4.79 Å². The fourth-order valence-corrected chi connectivity index (χ4v) is 2.10. The molecular formula is C12H20N2O2. The van der Waals surface area contributed by atoms with Crippen LogP contribution in [0.1, 0.15) is 39.0 Å². The summed E-state index contributed by atoms with van der Waals surface area (Å²) in [5, 5.41) is 12.0. The number of nitrogens with zero attached hydrogens (tertiary/aromatic N) is 1. The summed E-state index contributed by atoms with van der Waals surface area (Å²) in [6.45, 7) is 2.57. The van der Waals surface area contributed by atoms with Crippen molar-refractivity contribution in [1.29, 1.82) is 5.26 Å². The molecule has 0 aromatic carbocycles. The first-order valence-electron chi connectivity index (χ1n) is 5.86. The quantitative estimate of drug-likeness (QED) is 0.771. The van der Waals surface area contributed by atoms with Gasteiger partial charge in [0.05, 0.1) is 6.07 Å². The predicted octanol–water partition coefficient (Wildman–Crippen LogP) is 1.61. The number of methoxy groups -OCH3 is 1. The van der Waals surface area contributed by atoms with Crippen molar-refractivity contribution in [3.05, 3.63) is 0 Å². The highest BCUT2D eigenvalue weighted by Crippen LogP contribution is 2.37. The number of carbonyl (C=O) groups is 1. The van der Waals surface area contributed by atoms with Gasteiger partial charge in [0.15, 0.2) is 0 Å². The van der Waals surface area contributed by atoms with Crippen molar-refractivity contribution >= 4 is 5.91 Å². The zero-order valence-electron chi connectivity index (χ0n) is 10.1. The number of nitrogens with one attached hydrogen (secondary N) is 1. The third-order valence-corrected chi connectivity index (χ3v) is 3.24. The van der Waals surface area contributed by atoms with Crippen molar-refractivity contribution in [2.45, 2.75) is 45.1 Å². The van der Waals surface area contributed by atoms with E-state index in [1.807, 2.05) is 6.92 Å². The van der Waals surface area contributed by atoms with Crippen LogP contribution in [0.4, 0.5) is 0 Å². The number of carbonyl (C=O) groups excluding carboxylic acids is 1. The van der Waals surface area contributed by atoms with Gasteiger partial charge in [0.1, 0.15) is 5.41 Å². The highest BCUT2D eigenvalue weighted by Gasteiger charge is 2.41. The van der Waals surface area contributed by atoms with Crippen LogP contribution in [-0.4, -0.2) is 25.7 Å². The average Bonchev–Trinajstić information content (AvgIpc) is 2.76. The van der Waals surface area contributed by atoms with Crippen molar-refractivity contribution in [3.63, 3.8) is 0 Å². The molecular weight excluding hydrogens is 204 g/mol. The number of hydrogen-bond donors (Lipinski definition) is 1. The van der Waals surface area contributed by atoms with Crippen LogP contribution in [0.3, 0.4) is 0 Å². The van der Waals surface area contributed by atoms with Crippen LogP contribution in [0.25, 0.3) is 0 Å². The first-order valence-corrected chi connectivity index (χ1v) is 5.86. The van der Waals surface area contributed by atoms with E-state index in [1.165, 1.54) is 0 Å². The molecule has 0 aliphatic heterocycles. The Labute approximate surface area is 97.0 Å². The summed E-state index contributed by atoms with van der Waals surface area (Å²) >= 11 is 0. The molecule has 1 fully saturated rings. The van der Waals surface area contributed by atoms with Crippen LogP contribution < -0.4 is 5.32 Å². The van der Waals surface area contributed by atoms with Crippen LogP contribution in [0.2, 0.25) is 0 Å². The molecule has 1 rings (SSSR count). The molecule has 0 spiro atoms. The van der Waals surface area contributed by atoms with E-state index in [-0.39, 0.29) is 11.9 Å². The summed E-state index contributed by atoms with van der Waals surface area (Å²) in [5.74, 6) is -0.101.